The molecule has 0 aliphatic heterocycles. The minimum atomic E-state index is -3.65. The highest BCUT2D eigenvalue weighted by Crippen LogP contribution is 2.16. The number of benzene rings is 2. The first-order valence-corrected chi connectivity index (χ1v) is 8.92. The largest absolute Gasteiger partial charge is 0.241 e. The Hall–Kier alpha value is -1.24. The van der Waals surface area contributed by atoms with Crippen molar-refractivity contribution < 1.29 is 12.8 Å². The van der Waals surface area contributed by atoms with Gasteiger partial charge in [0.1, 0.15) is 5.82 Å². The van der Waals surface area contributed by atoms with E-state index in [1.54, 1.807) is 6.92 Å². The summed E-state index contributed by atoms with van der Waals surface area (Å²) in [6.07, 6.45) is 0. The average molecular weight is 372 g/mol. The average Bonchev–Trinajstić information content (AvgIpc) is 2.45. The molecule has 0 radical (unpaired) electrons. The summed E-state index contributed by atoms with van der Waals surface area (Å²) in [7, 11) is -3.65. The van der Waals surface area contributed by atoms with E-state index in [0.717, 1.165) is 22.5 Å². The van der Waals surface area contributed by atoms with Crippen LogP contribution in [0, 0.1) is 12.7 Å². The SMILES string of the molecule is Cc1cc(F)ccc1S(=O)(=O)NCc1ccc(CBr)cc1. The van der Waals surface area contributed by atoms with Crippen molar-refractivity contribution in [1.82, 2.24) is 4.72 Å². The Bertz CT molecular complexity index is 730. The van der Waals surface area contributed by atoms with Gasteiger partial charge in [0.2, 0.25) is 10.0 Å². The fourth-order valence-corrected chi connectivity index (χ4v) is 3.53. The van der Waals surface area contributed by atoms with Gasteiger partial charge in [-0.3, -0.25) is 0 Å². The molecule has 6 heteroatoms. The number of halogens is 2. The maximum absolute atomic E-state index is 13.0. The molecule has 1 N–H and O–H groups in total. The van der Waals surface area contributed by atoms with Crippen molar-refractivity contribution in [3.05, 3.63) is 65.0 Å². The van der Waals surface area contributed by atoms with Gasteiger partial charge in [0, 0.05) is 11.9 Å². The lowest BCUT2D eigenvalue weighted by molar-refractivity contribution is 0.579. The van der Waals surface area contributed by atoms with Gasteiger partial charge in [0.25, 0.3) is 0 Å². The second-order valence-electron chi connectivity index (χ2n) is 4.68. The fraction of sp³-hybridized carbons (Fsp3) is 0.200. The number of sulfonamides is 1. The molecule has 3 nitrogen and oxygen atoms in total. The molecular formula is C15H15BrFNO2S. The second-order valence-corrected chi connectivity index (χ2v) is 6.98. The summed E-state index contributed by atoms with van der Waals surface area (Å²) in [5.41, 5.74) is 2.37. The molecule has 21 heavy (non-hydrogen) atoms. The minimum absolute atomic E-state index is 0.0981. The number of alkyl halides is 1. The van der Waals surface area contributed by atoms with Crippen LogP contribution in [0.25, 0.3) is 0 Å². The standard InChI is InChI=1S/C15H15BrFNO2S/c1-11-8-14(17)6-7-15(11)21(19,20)18-10-13-4-2-12(9-16)3-5-13/h2-8,18H,9-10H2,1H3. The number of hydrogen-bond acceptors (Lipinski definition) is 2. The first kappa shape index (κ1) is 16.1. The van der Waals surface area contributed by atoms with Crippen LogP contribution in [-0.4, -0.2) is 8.42 Å². The van der Waals surface area contributed by atoms with Gasteiger partial charge in [0.05, 0.1) is 4.90 Å². The highest BCUT2D eigenvalue weighted by Gasteiger charge is 2.16. The number of rotatable bonds is 5. The summed E-state index contributed by atoms with van der Waals surface area (Å²) >= 11 is 3.35. The van der Waals surface area contributed by atoms with Crippen LogP contribution in [0.15, 0.2) is 47.4 Å². The molecule has 0 aliphatic carbocycles. The van der Waals surface area contributed by atoms with Crippen LogP contribution in [0.4, 0.5) is 4.39 Å². The topological polar surface area (TPSA) is 46.2 Å². The van der Waals surface area contributed by atoms with Gasteiger partial charge < -0.3 is 0 Å². The lowest BCUT2D eigenvalue weighted by Gasteiger charge is -2.09. The van der Waals surface area contributed by atoms with E-state index in [1.165, 1.54) is 12.1 Å². The van der Waals surface area contributed by atoms with E-state index in [0.29, 0.717) is 5.56 Å². The van der Waals surface area contributed by atoms with Crippen LogP contribution in [0.1, 0.15) is 16.7 Å². The monoisotopic (exact) mass is 371 g/mol. The molecule has 0 heterocycles. The van der Waals surface area contributed by atoms with Crippen molar-refractivity contribution in [2.45, 2.75) is 23.7 Å². The normalized spacial score (nSPS) is 11.6. The molecule has 0 atom stereocenters. The van der Waals surface area contributed by atoms with Gasteiger partial charge >= 0.3 is 0 Å². The third-order valence-corrected chi connectivity index (χ3v) is 5.28. The van der Waals surface area contributed by atoms with Crippen LogP contribution in [-0.2, 0) is 21.9 Å². The molecule has 2 aromatic carbocycles. The van der Waals surface area contributed by atoms with Crippen LogP contribution >= 0.6 is 15.9 Å². The van der Waals surface area contributed by atoms with Crippen LogP contribution < -0.4 is 4.72 Å². The second kappa shape index (κ2) is 6.68. The van der Waals surface area contributed by atoms with E-state index in [2.05, 4.69) is 20.7 Å². The lowest BCUT2D eigenvalue weighted by Crippen LogP contribution is -2.24. The van der Waals surface area contributed by atoms with Crippen LogP contribution in [0.5, 0.6) is 0 Å². The Morgan fingerprint density at radius 2 is 1.71 bits per heavy atom. The van der Waals surface area contributed by atoms with E-state index < -0.39 is 15.8 Å². The molecule has 0 saturated carbocycles. The van der Waals surface area contributed by atoms with Crippen molar-refractivity contribution in [3.8, 4) is 0 Å². The molecule has 2 rings (SSSR count). The van der Waals surface area contributed by atoms with Crippen molar-refractivity contribution >= 4 is 26.0 Å². The summed E-state index contributed by atoms with van der Waals surface area (Å²) in [5, 5.41) is 0.758. The molecule has 112 valence electrons. The summed E-state index contributed by atoms with van der Waals surface area (Å²) in [5.74, 6) is -0.447. The molecule has 0 spiro atoms. The van der Waals surface area contributed by atoms with E-state index in [9.17, 15) is 12.8 Å². The predicted octanol–water partition coefficient (Wildman–Crippen LogP) is 3.51. The Labute approximate surface area is 132 Å². The van der Waals surface area contributed by atoms with Crippen LogP contribution in [0.2, 0.25) is 0 Å². The van der Waals surface area contributed by atoms with E-state index in [1.807, 2.05) is 24.3 Å². The molecule has 0 amide bonds. The highest BCUT2D eigenvalue weighted by molar-refractivity contribution is 9.08. The number of nitrogens with one attached hydrogen (secondary N) is 1. The highest BCUT2D eigenvalue weighted by atomic mass is 79.9. The Balaban J connectivity index is 2.13. The van der Waals surface area contributed by atoms with Crippen molar-refractivity contribution in [2.24, 2.45) is 0 Å². The molecule has 0 unspecified atom stereocenters. The van der Waals surface area contributed by atoms with E-state index >= 15 is 0 Å². The van der Waals surface area contributed by atoms with Crippen molar-refractivity contribution in [3.63, 3.8) is 0 Å². The van der Waals surface area contributed by atoms with E-state index in [-0.39, 0.29) is 11.4 Å². The molecule has 0 aromatic heterocycles. The summed E-state index contributed by atoms with van der Waals surface area (Å²) in [6, 6.07) is 11.2. The predicted molar refractivity (Wildman–Crippen MR) is 84.2 cm³/mol. The van der Waals surface area contributed by atoms with Gasteiger partial charge in [-0.2, -0.15) is 0 Å². The third kappa shape index (κ3) is 4.12. The Morgan fingerprint density at radius 1 is 1.10 bits per heavy atom. The maximum Gasteiger partial charge on any atom is 0.241 e. The van der Waals surface area contributed by atoms with Gasteiger partial charge in [-0.05, 0) is 41.8 Å². The third-order valence-electron chi connectivity index (χ3n) is 3.07. The zero-order chi connectivity index (χ0) is 15.5. The van der Waals surface area contributed by atoms with Gasteiger partial charge in [-0.1, -0.05) is 40.2 Å². The van der Waals surface area contributed by atoms with Crippen LogP contribution in [0.3, 0.4) is 0 Å². The molecule has 0 aliphatic rings. The number of hydrogen-bond donors (Lipinski definition) is 1. The minimum Gasteiger partial charge on any atom is -0.207 e. The van der Waals surface area contributed by atoms with Gasteiger partial charge in [-0.25, -0.2) is 17.5 Å². The molecule has 0 saturated heterocycles. The van der Waals surface area contributed by atoms with Gasteiger partial charge in [-0.15, -0.1) is 0 Å². The molecular weight excluding hydrogens is 357 g/mol. The zero-order valence-corrected chi connectivity index (χ0v) is 13.8. The lowest BCUT2D eigenvalue weighted by atomic mass is 10.2. The first-order valence-electron chi connectivity index (χ1n) is 6.32. The summed E-state index contributed by atoms with van der Waals surface area (Å²) in [4.78, 5) is 0.0981. The molecule has 0 fully saturated rings. The quantitative estimate of drug-likeness (QED) is 0.817. The maximum atomic E-state index is 13.0. The summed E-state index contributed by atoms with van der Waals surface area (Å²) in [6.45, 7) is 1.77. The van der Waals surface area contributed by atoms with Crippen molar-refractivity contribution in [1.29, 1.82) is 0 Å². The Morgan fingerprint density at radius 3 is 2.29 bits per heavy atom. The van der Waals surface area contributed by atoms with E-state index in [4.69, 9.17) is 0 Å². The first-order chi connectivity index (χ1) is 9.92. The molecule has 0 bridgehead atoms. The zero-order valence-electron chi connectivity index (χ0n) is 11.4. The van der Waals surface area contributed by atoms with Gasteiger partial charge in [0.15, 0.2) is 0 Å². The Kier molecular flexibility index (Phi) is 5.13. The fourth-order valence-electron chi connectivity index (χ4n) is 1.92. The molecule has 2 aromatic rings. The van der Waals surface area contributed by atoms with Crippen molar-refractivity contribution in [2.75, 3.05) is 0 Å². The number of aryl methyl sites for hydroxylation is 1. The smallest absolute Gasteiger partial charge is 0.207 e. The summed E-state index contributed by atoms with van der Waals surface area (Å²) < 4.78 is 40.0.